The molecule has 2 aromatic rings. The summed E-state index contributed by atoms with van der Waals surface area (Å²) in [7, 11) is 2.82. The van der Waals surface area contributed by atoms with E-state index in [1.807, 2.05) is 0 Å². The molecular formula is C24H33N2P. The smallest absolute Gasteiger partial charge is 0.0145 e. The second kappa shape index (κ2) is 8.86. The summed E-state index contributed by atoms with van der Waals surface area (Å²) < 4.78 is 0. The van der Waals surface area contributed by atoms with Gasteiger partial charge in [-0.05, 0) is 73.4 Å². The molecule has 2 aliphatic rings. The van der Waals surface area contributed by atoms with Gasteiger partial charge in [0.15, 0.2) is 0 Å². The van der Waals surface area contributed by atoms with Crippen molar-refractivity contribution in [1.82, 2.24) is 5.32 Å². The van der Waals surface area contributed by atoms with Gasteiger partial charge in [-0.3, -0.25) is 0 Å². The van der Waals surface area contributed by atoms with Gasteiger partial charge >= 0.3 is 0 Å². The van der Waals surface area contributed by atoms with Gasteiger partial charge < -0.3 is 11.1 Å². The highest BCUT2D eigenvalue weighted by Gasteiger charge is 2.39. The van der Waals surface area contributed by atoms with Crippen molar-refractivity contribution in [2.24, 2.45) is 5.73 Å². The predicted octanol–water partition coefficient (Wildman–Crippen LogP) is 4.88. The van der Waals surface area contributed by atoms with E-state index in [2.05, 4.69) is 63.1 Å². The standard InChI is InChI=1S/C24H33N2P/c25-21-10-12-22(13-11-21)26-24-16-23(24)19-8-6-18(7-9-19)20-5-1-3-17(15-20)4-2-14-27/h1,3,5-9,15,21-24,26H,2,4,10-14,16,25,27H2. The Hall–Kier alpha value is -1.21. The van der Waals surface area contributed by atoms with Crippen molar-refractivity contribution in [2.75, 3.05) is 6.16 Å². The Balaban J connectivity index is 1.34. The first kappa shape index (κ1) is 19.1. The lowest BCUT2D eigenvalue weighted by Crippen LogP contribution is -2.38. The van der Waals surface area contributed by atoms with Crippen LogP contribution in [0.3, 0.4) is 0 Å². The van der Waals surface area contributed by atoms with Crippen LogP contribution in [0.2, 0.25) is 0 Å². The first-order valence-electron chi connectivity index (χ1n) is 10.6. The van der Waals surface area contributed by atoms with Gasteiger partial charge in [-0.1, -0.05) is 48.5 Å². The molecule has 0 amide bonds. The quantitative estimate of drug-likeness (QED) is 0.672. The van der Waals surface area contributed by atoms with Crippen LogP contribution in [-0.4, -0.2) is 24.3 Å². The van der Waals surface area contributed by atoms with Crippen molar-refractivity contribution >= 4 is 9.24 Å². The monoisotopic (exact) mass is 380 g/mol. The molecule has 2 saturated carbocycles. The number of rotatable bonds is 7. The molecule has 2 fully saturated rings. The van der Waals surface area contributed by atoms with E-state index in [9.17, 15) is 0 Å². The van der Waals surface area contributed by atoms with E-state index in [0.29, 0.717) is 24.0 Å². The van der Waals surface area contributed by atoms with Crippen molar-refractivity contribution in [1.29, 1.82) is 0 Å². The Kier molecular flexibility index (Phi) is 6.28. The Morgan fingerprint density at radius 3 is 2.48 bits per heavy atom. The molecule has 0 bridgehead atoms. The molecular weight excluding hydrogens is 347 g/mol. The number of aryl methyl sites for hydroxylation is 1. The molecule has 2 nitrogen and oxygen atoms in total. The van der Waals surface area contributed by atoms with Crippen LogP contribution < -0.4 is 11.1 Å². The van der Waals surface area contributed by atoms with Crippen LogP contribution in [0.15, 0.2) is 48.5 Å². The van der Waals surface area contributed by atoms with Gasteiger partial charge in [-0.15, -0.1) is 9.24 Å². The molecule has 2 aromatic carbocycles. The highest BCUT2D eigenvalue weighted by atomic mass is 31.0. The van der Waals surface area contributed by atoms with Crippen LogP contribution in [0, 0.1) is 0 Å². The zero-order valence-corrected chi connectivity index (χ0v) is 17.4. The van der Waals surface area contributed by atoms with E-state index in [4.69, 9.17) is 5.73 Å². The summed E-state index contributed by atoms with van der Waals surface area (Å²) in [5.41, 5.74) is 11.6. The zero-order chi connectivity index (χ0) is 18.6. The molecule has 27 heavy (non-hydrogen) atoms. The van der Waals surface area contributed by atoms with Gasteiger partial charge in [0.25, 0.3) is 0 Å². The summed E-state index contributed by atoms with van der Waals surface area (Å²) in [5.74, 6) is 0.697. The number of nitrogens with one attached hydrogen (secondary N) is 1. The third kappa shape index (κ3) is 4.99. The lowest BCUT2D eigenvalue weighted by molar-refractivity contribution is 0.339. The van der Waals surface area contributed by atoms with Crippen LogP contribution in [0.25, 0.3) is 11.1 Å². The van der Waals surface area contributed by atoms with E-state index in [0.717, 1.165) is 6.42 Å². The number of nitrogens with two attached hydrogens (primary N) is 1. The SMILES string of the molecule is NC1CCC(NC2CC2c2ccc(-c3cccc(CCCP)c3)cc2)CC1. The zero-order valence-electron chi connectivity index (χ0n) is 16.2. The maximum absolute atomic E-state index is 6.03. The van der Waals surface area contributed by atoms with E-state index in [1.54, 1.807) is 0 Å². The molecule has 0 radical (unpaired) electrons. The number of hydrogen-bond acceptors (Lipinski definition) is 2. The summed E-state index contributed by atoms with van der Waals surface area (Å²) in [6, 6.07) is 20.1. The first-order valence-corrected chi connectivity index (χ1v) is 11.5. The third-order valence-electron chi connectivity index (χ3n) is 6.28. The van der Waals surface area contributed by atoms with Crippen molar-refractivity contribution < 1.29 is 0 Å². The fourth-order valence-corrected chi connectivity index (χ4v) is 4.68. The van der Waals surface area contributed by atoms with Gasteiger partial charge in [-0.25, -0.2) is 0 Å². The van der Waals surface area contributed by atoms with Crippen LogP contribution in [0.4, 0.5) is 0 Å². The van der Waals surface area contributed by atoms with Crippen LogP contribution in [0.1, 0.15) is 55.6 Å². The molecule has 0 spiro atoms. The van der Waals surface area contributed by atoms with Crippen molar-refractivity contribution in [2.45, 2.75) is 69.0 Å². The Bertz CT molecular complexity index is 734. The lowest BCUT2D eigenvalue weighted by Gasteiger charge is -2.27. The van der Waals surface area contributed by atoms with E-state index >= 15 is 0 Å². The van der Waals surface area contributed by atoms with E-state index in [1.165, 1.54) is 66.9 Å². The maximum atomic E-state index is 6.03. The molecule has 0 aliphatic heterocycles. The Labute approximate surface area is 166 Å². The molecule has 144 valence electrons. The second-order valence-corrected chi connectivity index (χ2v) is 9.02. The number of hydrogen-bond donors (Lipinski definition) is 2. The van der Waals surface area contributed by atoms with Crippen LogP contribution in [-0.2, 0) is 6.42 Å². The van der Waals surface area contributed by atoms with Gasteiger partial charge in [0, 0.05) is 24.0 Å². The fraction of sp³-hybridized carbons (Fsp3) is 0.500. The lowest BCUT2D eigenvalue weighted by atomic mass is 9.92. The van der Waals surface area contributed by atoms with Crippen LogP contribution >= 0.6 is 9.24 Å². The van der Waals surface area contributed by atoms with Crippen molar-refractivity contribution in [3.63, 3.8) is 0 Å². The molecule has 0 saturated heterocycles. The minimum atomic E-state index is 0.435. The topological polar surface area (TPSA) is 38.0 Å². The molecule has 0 heterocycles. The summed E-state index contributed by atoms with van der Waals surface area (Å²) in [6.45, 7) is 0. The molecule has 0 aromatic heterocycles. The normalized spacial score (nSPS) is 27.5. The Morgan fingerprint density at radius 2 is 1.74 bits per heavy atom. The van der Waals surface area contributed by atoms with E-state index < -0.39 is 0 Å². The fourth-order valence-electron chi connectivity index (χ4n) is 4.47. The van der Waals surface area contributed by atoms with Gasteiger partial charge in [-0.2, -0.15) is 0 Å². The highest BCUT2D eigenvalue weighted by Crippen LogP contribution is 2.42. The molecule has 3 heteroatoms. The second-order valence-electron chi connectivity index (χ2n) is 8.44. The summed E-state index contributed by atoms with van der Waals surface area (Å²) in [6.07, 6.45) is 9.70. The third-order valence-corrected chi connectivity index (χ3v) is 6.69. The largest absolute Gasteiger partial charge is 0.328 e. The molecule has 3 N–H and O–H groups in total. The minimum Gasteiger partial charge on any atom is -0.328 e. The predicted molar refractivity (Wildman–Crippen MR) is 119 cm³/mol. The molecule has 4 rings (SSSR count). The average molecular weight is 381 g/mol. The van der Waals surface area contributed by atoms with Gasteiger partial charge in [0.2, 0.25) is 0 Å². The molecule has 3 unspecified atom stereocenters. The van der Waals surface area contributed by atoms with Crippen LogP contribution in [0.5, 0.6) is 0 Å². The summed E-state index contributed by atoms with van der Waals surface area (Å²) in [5, 5.41) is 3.88. The Morgan fingerprint density at radius 1 is 0.963 bits per heavy atom. The summed E-state index contributed by atoms with van der Waals surface area (Å²) in [4.78, 5) is 0. The maximum Gasteiger partial charge on any atom is 0.0145 e. The number of benzene rings is 2. The van der Waals surface area contributed by atoms with Crippen molar-refractivity contribution in [3.05, 3.63) is 59.7 Å². The molecule has 2 aliphatic carbocycles. The summed E-state index contributed by atoms with van der Waals surface area (Å²) >= 11 is 0. The average Bonchev–Trinajstić information content (AvgIpc) is 3.48. The minimum absolute atomic E-state index is 0.435. The molecule has 3 atom stereocenters. The van der Waals surface area contributed by atoms with Crippen molar-refractivity contribution in [3.8, 4) is 11.1 Å². The van der Waals surface area contributed by atoms with Gasteiger partial charge in [0.05, 0.1) is 0 Å². The highest BCUT2D eigenvalue weighted by molar-refractivity contribution is 7.16. The van der Waals surface area contributed by atoms with E-state index in [-0.39, 0.29) is 0 Å². The first-order chi connectivity index (χ1) is 13.2. The van der Waals surface area contributed by atoms with Gasteiger partial charge in [0.1, 0.15) is 0 Å².